The number of pyridine rings is 1. The standard InChI is InChI=1S/C26H31N5O2S/c1-17-14-20(18(2)31(17)19-9-10-22-23(15-19)33-16-32-22)25-24(21-8-5-6-11-27-21)28-26(34)30(25)13-7-12-29(3)4/h5-6,8-11,14-15,24-25H,7,12-13,16H2,1-4H3,(H,28,34)/t24-,25-/m0/s1. The minimum absolute atomic E-state index is 0.0150. The number of nitrogens with zero attached hydrogens (tertiary/aromatic N) is 4. The Bertz CT molecular complexity index is 1190. The zero-order valence-electron chi connectivity index (χ0n) is 20.1. The highest BCUT2D eigenvalue weighted by Gasteiger charge is 2.41. The van der Waals surface area contributed by atoms with Crippen molar-refractivity contribution in [2.24, 2.45) is 0 Å². The second-order valence-corrected chi connectivity index (χ2v) is 9.56. The molecule has 2 aliphatic heterocycles. The van der Waals surface area contributed by atoms with Gasteiger partial charge in [0.05, 0.1) is 17.8 Å². The Morgan fingerprint density at radius 1 is 1.12 bits per heavy atom. The van der Waals surface area contributed by atoms with Crippen LogP contribution in [-0.2, 0) is 0 Å². The molecule has 0 saturated carbocycles. The highest BCUT2D eigenvalue weighted by atomic mass is 32.1. The molecule has 0 spiro atoms. The first-order valence-corrected chi connectivity index (χ1v) is 12.1. The molecule has 1 N–H and O–H groups in total. The number of aromatic nitrogens is 2. The number of hydrogen-bond acceptors (Lipinski definition) is 5. The molecule has 178 valence electrons. The molecule has 7 nitrogen and oxygen atoms in total. The van der Waals surface area contributed by atoms with E-state index in [0.717, 1.165) is 53.2 Å². The van der Waals surface area contributed by atoms with Crippen molar-refractivity contribution in [2.75, 3.05) is 34.0 Å². The Morgan fingerprint density at radius 2 is 1.94 bits per heavy atom. The molecule has 1 saturated heterocycles. The third-order valence-electron chi connectivity index (χ3n) is 6.61. The molecule has 34 heavy (non-hydrogen) atoms. The zero-order valence-corrected chi connectivity index (χ0v) is 20.9. The van der Waals surface area contributed by atoms with Gasteiger partial charge in [-0.15, -0.1) is 0 Å². The lowest BCUT2D eigenvalue weighted by Crippen LogP contribution is -2.32. The molecular formula is C26H31N5O2S. The summed E-state index contributed by atoms with van der Waals surface area (Å²) in [5, 5.41) is 4.36. The summed E-state index contributed by atoms with van der Waals surface area (Å²) in [6, 6.07) is 14.5. The van der Waals surface area contributed by atoms with Gasteiger partial charge in [-0.1, -0.05) is 6.07 Å². The van der Waals surface area contributed by atoms with Gasteiger partial charge in [0.2, 0.25) is 6.79 Å². The van der Waals surface area contributed by atoms with E-state index in [4.69, 9.17) is 21.7 Å². The molecule has 0 aliphatic carbocycles. The molecule has 1 fully saturated rings. The van der Waals surface area contributed by atoms with E-state index in [-0.39, 0.29) is 18.9 Å². The average molecular weight is 478 g/mol. The first-order chi connectivity index (χ1) is 16.4. The Kier molecular flexibility index (Phi) is 6.18. The van der Waals surface area contributed by atoms with Crippen molar-refractivity contribution in [3.63, 3.8) is 0 Å². The van der Waals surface area contributed by atoms with Gasteiger partial charge in [0.15, 0.2) is 16.6 Å². The molecular weight excluding hydrogens is 446 g/mol. The average Bonchev–Trinajstić information content (AvgIpc) is 3.49. The molecule has 0 bridgehead atoms. The fourth-order valence-electron chi connectivity index (χ4n) is 5.05. The third-order valence-corrected chi connectivity index (χ3v) is 6.96. The number of nitrogens with one attached hydrogen (secondary N) is 1. The number of thiocarbonyl (C=S) groups is 1. The first kappa shape index (κ1) is 22.7. The molecule has 0 amide bonds. The number of benzene rings is 1. The number of aryl methyl sites for hydroxylation is 1. The van der Waals surface area contributed by atoms with Crippen LogP contribution in [0, 0.1) is 13.8 Å². The van der Waals surface area contributed by atoms with Gasteiger partial charge in [-0.25, -0.2) is 0 Å². The van der Waals surface area contributed by atoms with Gasteiger partial charge in [0.1, 0.15) is 0 Å². The molecule has 2 aliphatic rings. The van der Waals surface area contributed by atoms with Crippen LogP contribution in [0.25, 0.3) is 5.69 Å². The molecule has 3 aromatic rings. The van der Waals surface area contributed by atoms with Gasteiger partial charge in [0.25, 0.3) is 0 Å². The lowest BCUT2D eigenvalue weighted by molar-refractivity contribution is 0.174. The molecule has 2 atom stereocenters. The zero-order chi connectivity index (χ0) is 23.8. The molecule has 1 aromatic carbocycles. The SMILES string of the molecule is Cc1cc([C@H]2[C@H](c3ccccn3)NC(=S)N2CCCN(C)C)c(C)n1-c1ccc2c(c1)OCO2. The van der Waals surface area contributed by atoms with Crippen LogP contribution in [0.1, 0.15) is 41.1 Å². The van der Waals surface area contributed by atoms with Gasteiger partial charge >= 0.3 is 0 Å². The van der Waals surface area contributed by atoms with Crippen molar-refractivity contribution in [3.05, 3.63) is 71.3 Å². The lowest BCUT2D eigenvalue weighted by atomic mass is 9.96. The highest BCUT2D eigenvalue weighted by Crippen LogP contribution is 2.42. The summed E-state index contributed by atoms with van der Waals surface area (Å²) < 4.78 is 13.4. The number of fused-ring (bicyclic) bond motifs is 1. The van der Waals surface area contributed by atoms with Crippen LogP contribution in [0.15, 0.2) is 48.7 Å². The maximum Gasteiger partial charge on any atom is 0.231 e. The fourth-order valence-corrected chi connectivity index (χ4v) is 5.38. The van der Waals surface area contributed by atoms with Crippen LogP contribution >= 0.6 is 12.2 Å². The van der Waals surface area contributed by atoms with Gasteiger partial charge in [-0.3, -0.25) is 4.98 Å². The Balaban J connectivity index is 1.55. The largest absolute Gasteiger partial charge is 0.454 e. The third kappa shape index (κ3) is 4.12. The van der Waals surface area contributed by atoms with Gasteiger partial charge in [0, 0.05) is 35.9 Å². The maximum absolute atomic E-state index is 5.84. The summed E-state index contributed by atoms with van der Waals surface area (Å²) in [6.07, 6.45) is 2.88. The van der Waals surface area contributed by atoms with E-state index < -0.39 is 0 Å². The second-order valence-electron chi connectivity index (χ2n) is 9.18. The molecule has 5 rings (SSSR count). The minimum Gasteiger partial charge on any atom is -0.454 e. The van der Waals surface area contributed by atoms with Gasteiger partial charge in [-0.2, -0.15) is 0 Å². The van der Waals surface area contributed by atoms with Crippen LogP contribution in [0.5, 0.6) is 11.5 Å². The van der Waals surface area contributed by atoms with Gasteiger partial charge in [-0.05, 0) is 89.0 Å². The topological polar surface area (TPSA) is 54.8 Å². The lowest BCUT2D eigenvalue weighted by Gasteiger charge is -2.28. The van der Waals surface area contributed by atoms with E-state index in [1.54, 1.807) is 0 Å². The van der Waals surface area contributed by atoms with E-state index in [2.05, 4.69) is 76.9 Å². The highest BCUT2D eigenvalue weighted by molar-refractivity contribution is 7.80. The summed E-state index contributed by atoms with van der Waals surface area (Å²) in [5.74, 6) is 1.57. The molecule has 0 unspecified atom stereocenters. The van der Waals surface area contributed by atoms with Crippen molar-refractivity contribution < 1.29 is 9.47 Å². The molecule has 2 aromatic heterocycles. The van der Waals surface area contributed by atoms with E-state index in [1.165, 1.54) is 11.3 Å². The summed E-state index contributed by atoms with van der Waals surface area (Å²) in [5.41, 5.74) is 5.66. The summed E-state index contributed by atoms with van der Waals surface area (Å²) in [6.45, 7) is 6.49. The van der Waals surface area contributed by atoms with Gasteiger partial charge < -0.3 is 29.2 Å². The van der Waals surface area contributed by atoms with E-state index in [9.17, 15) is 0 Å². The molecule has 4 heterocycles. The minimum atomic E-state index is -0.0150. The predicted molar refractivity (Wildman–Crippen MR) is 137 cm³/mol. The maximum atomic E-state index is 5.84. The Labute approximate surface area is 206 Å². The van der Waals surface area contributed by atoms with Crippen molar-refractivity contribution in [3.8, 4) is 17.2 Å². The van der Waals surface area contributed by atoms with Crippen LogP contribution in [0.4, 0.5) is 0 Å². The Hall–Kier alpha value is -3.10. The van der Waals surface area contributed by atoms with Crippen molar-refractivity contribution in [1.29, 1.82) is 0 Å². The van der Waals surface area contributed by atoms with Crippen molar-refractivity contribution in [1.82, 2.24) is 24.7 Å². The summed E-state index contributed by atoms with van der Waals surface area (Å²) in [4.78, 5) is 9.22. The van der Waals surface area contributed by atoms with Crippen LogP contribution in [0.3, 0.4) is 0 Å². The van der Waals surface area contributed by atoms with Crippen molar-refractivity contribution >= 4 is 17.3 Å². The van der Waals surface area contributed by atoms with Crippen LogP contribution in [0.2, 0.25) is 0 Å². The van der Waals surface area contributed by atoms with E-state index in [1.807, 2.05) is 24.4 Å². The molecule has 8 heteroatoms. The van der Waals surface area contributed by atoms with E-state index >= 15 is 0 Å². The van der Waals surface area contributed by atoms with Crippen molar-refractivity contribution in [2.45, 2.75) is 32.4 Å². The quantitative estimate of drug-likeness (QED) is 0.513. The Morgan fingerprint density at radius 3 is 2.71 bits per heavy atom. The smallest absolute Gasteiger partial charge is 0.231 e. The monoisotopic (exact) mass is 477 g/mol. The van der Waals surface area contributed by atoms with Crippen LogP contribution in [-0.4, -0.2) is 58.4 Å². The predicted octanol–water partition coefficient (Wildman–Crippen LogP) is 4.14. The number of hydrogen-bond donors (Lipinski definition) is 1. The van der Waals surface area contributed by atoms with E-state index in [0.29, 0.717) is 0 Å². The number of ether oxygens (including phenoxy) is 2. The summed E-state index contributed by atoms with van der Waals surface area (Å²) >= 11 is 5.84. The summed E-state index contributed by atoms with van der Waals surface area (Å²) in [7, 11) is 4.21. The number of rotatable bonds is 7. The van der Waals surface area contributed by atoms with Crippen LogP contribution < -0.4 is 14.8 Å². The first-order valence-electron chi connectivity index (χ1n) is 11.7. The normalized spacial score (nSPS) is 19.2. The fraction of sp³-hybridized carbons (Fsp3) is 0.385. The molecule has 0 radical (unpaired) electrons. The second kappa shape index (κ2) is 9.27.